The maximum atomic E-state index is 11.7. The molecule has 0 amide bonds. The summed E-state index contributed by atoms with van der Waals surface area (Å²) in [6.45, 7) is 0.945. The van der Waals surface area contributed by atoms with Crippen molar-refractivity contribution in [2.75, 3.05) is 26.4 Å². The number of ether oxygens (including phenoxy) is 3. The van der Waals surface area contributed by atoms with Crippen molar-refractivity contribution in [2.45, 2.75) is 12.5 Å². The van der Waals surface area contributed by atoms with Crippen LogP contribution in [0, 0.1) is 0 Å². The van der Waals surface area contributed by atoms with Crippen LogP contribution in [-0.4, -0.2) is 49.6 Å². The highest BCUT2D eigenvalue weighted by Crippen LogP contribution is 2.12. The molecule has 6 heteroatoms. The molecule has 0 bridgehead atoms. The summed E-state index contributed by atoms with van der Waals surface area (Å²) in [5.41, 5.74) is 0.572. The Bertz CT molecular complexity index is 480. The molecule has 0 saturated carbocycles. The fourth-order valence-corrected chi connectivity index (χ4v) is 1.50. The van der Waals surface area contributed by atoms with Gasteiger partial charge in [0.05, 0.1) is 24.3 Å². The standard InChI is InChI=1S/C14H16O6/c15-5-2-6-18-13(16)10-3-1-4-11(7-10)14(17)20-9-12-8-19-12/h1,3-4,7,12,15H,2,5-6,8-9H2. The van der Waals surface area contributed by atoms with E-state index in [1.807, 2.05) is 0 Å². The number of aliphatic hydroxyl groups is 1. The third-order valence-electron chi connectivity index (χ3n) is 2.67. The minimum absolute atomic E-state index is 0.00517. The first-order valence-corrected chi connectivity index (χ1v) is 6.37. The molecule has 0 radical (unpaired) electrons. The van der Waals surface area contributed by atoms with Crippen molar-refractivity contribution in [1.29, 1.82) is 0 Å². The number of hydrogen-bond donors (Lipinski definition) is 1. The summed E-state index contributed by atoms with van der Waals surface area (Å²) in [6, 6.07) is 6.15. The molecule has 1 fully saturated rings. The number of aliphatic hydroxyl groups excluding tert-OH is 1. The van der Waals surface area contributed by atoms with Gasteiger partial charge in [-0.2, -0.15) is 0 Å². The summed E-state index contributed by atoms with van der Waals surface area (Å²) in [6.07, 6.45) is 0.389. The molecule has 1 aliphatic rings. The molecular weight excluding hydrogens is 264 g/mol. The molecule has 1 heterocycles. The highest BCUT2D eigenvalue weighted by atomic mass is 16.6. The number of epoxide rings is 1. The van der Waals surface area contributed by atoms with Crippen LogP contribution in [0.5, 0.6) is 0 Å². The van der Waals surface area contributed by atoms with Crippen molar-refractivity contribution >= 4 is 11.9 Å². The predicted molar refractivity (Wildman–Crippen MR) is 68.4 cm³/mol. The van der Waals surface area contributed by atoms with Crippen LogP contribution in [-0.2, 0) is 14.2 Å². The molecule has 108 valence electrons. The molecule has 1 unspecified atom stereocenters. The van der Waals surface area contributed by atoms with Gasteiger partial charge in [-0.1, -0.05) is 6.07 Å². The molecule has 1 aromatic carbocycles. The fourth-order valence-electron chi connectivity index (χ4n) is 1.50. The number of carbonyl (C=O) groups is 2. The third-order valence-corrected chi connectivity index (χ3v) is 2.67. The minimum Gasteiger partial charge on any atom is -0.462 e. The van der Waals surface area contributed by atoms with Crippen molar-refractivity contribution in [3.63, 3.8) is 0 Å². The second kappa shape index (κ2) is 7.02. The zero-order valence-corrected chi connectivity index (χ0v) is 10.9. The van der Waals surface area contributed by atoms with Gasteiger partial charge in [-0.05, 0) is 18.2 Å². The van der Waals surface area contributed by atoms with Crippen LogP contribution >= 0.6 is 0 Å². The number of rotatable bonds is 7. The van der Waals surface area contributed by atoms with Gasteiger partial charge in [0, 0.05) is 13.0 Å². The lowest BCUT2D eigenvalue weighted by molar-refractivity contribution is 0.0476. The topological polar surface area (TPSA) is 85.4 Å². The Labute approximate surface area is 116 Å². The summed E-state index contributed by atoms with van der Waals surface area (Å²) >= 11 is 0. The number of hydrogen-bond acceptors (Lipinski definition) is 6. The van der Waals surface area contributed by atoms with Gasteiger partial charge in [-0.25, -0.2) is 9.59 Å². The Kier molecular flexibility index (Phi) is 5.09. The van der Waals surface area contributed by atoms with Gasteiger partial charge in [0.2, 0.25) is 0 Å². The summed E-state index contributed by atoms with van der Waals surface area (Å²) in [5, 5.41) is 8.61. The molecule has 1 N–H and O–H groups in total. The highest BCUT2D eigenvalue weighted by Gasteiger charge is 2.24. The average Bonchev–Trinajstić information content (AvgIpc) is 3.29. The zero-order chi connectivity index (χ0) is 14.4. The minimum atomic E-state index is -0.529. The Morgan fingerprint density at radius 1 is 1.25 bits per heavy atom. The molecule has 20 heavy (non-hydrogen) atoms. The van der Waals surface area contributed by atoms with Crippen molar-refractivity contribution in [1.82, 2.24) is 0 Å². The molecule has 1 aromatic rings. The average molecular weight is 280 g/mol. The molecule has 1 aliphatic heterocycles. The van der Waals surface area contributed by atoms with E-state index in [-0.39, 0.29) is 31.5 Å². The van der Waals surface area contributed by atoms with E-state index in [4.69, 9.17) is 19.3 Å². The smallest absolute Gasteiger partial charge is 0.338 e. The molecule has 1 saturated heterocycles. The van der Waals surface area contributed by atoms with Crippen molar-refractivity contribution in [3.8, 4) is 0 Å². The van der Waals surface area contributed by atoms with Gasteiger partial charge >= 0.3 is 11.9 Å². The lowest BCUT2D eigenvalue weighted by Crippen LogP contribution is -2.12. The van der Waals surface area contributed by atoms with E-state index >= 15 is 0 Å². The largest absolute Gasteiger partial charge is 0.462 e. The Hall–Kier alpha value is -1.92. The lowest BCUT2D eigenvalue weighted by Gasteiger charge is -2.06. The van der Waals surface area contributed by atoms with Gasteiger partial charge in [-0.15, -0.1) is 0 Å². The van der Waals surface area contributed by atoms with E-state index in [0.29, 0.717) is 18.6 Å². The van der Waals surface area contributed by atoms with Crippen LogP contribution in [0.4, 0.5) is 0 Å². The fraction of sp³-hybridized carbons (Fsp3) is 0.429. The molecule has 1 atom stereocenters. The van der Waals surface area contributed by atoms with Gasteiger partial charge in [0.15, 0.2) is 0 Å². The Balaban J connectivity index is 1.91. The quantitative estimate of drug-likeness (QED) is 0.451. The second-order valence-electron chi connectivity index (χ2n) is 4.35. The first-order valence-electron chi connectivity index (χ1n) is 6.37. The maximum absolute atomic E-state index is 11.7. The molecule has 0 aliphatic carbocycles. The van der Waals surface area contributed by atoms with Crippen LogP contribution in [0.25, 0.3) is 0 Å². The Morgan fingerprint density at radius 3 is 2.50 bits per heavy atom. The van der Waals surface area contributed by atoms with E-state index in [9.17, 15) is 9.59 Å². The third kappa shape index (κ3) is 4.32. The van der Waals surface area contributed by atoms with Crippen molar-refractivity contribution in [2.24, 2.45) is 0 Å². The molecule has 2 rings (SSSR count). The van der Waals surface area contributed by atoms with E-state index < -0.39 is 11.9 Å². The van der Waals surface area contributed by atoms with Crippen LogP contribution in [0.3, 0.4) is 0 Å². The van der Waals surface area contributed by atoms with Crippen molar-refractivity contribution in [3.05, 3.63) is 35.4 Å². The summed E-state index contributed by atoms with van der Waals surface area (Å²) in [4.78, 5) is 23.4. The predicted octanol–water partition coefficient (Wildman–Crippen LogP) is 0.781. The van der Waals surface area contributed by atoms with E-state index in [1.165, 1.54) is 6.07 Å². The van der Waals surface area contributed by atoms with E-state index in [0.717, 1.165) is 0 Å². The van der Waals surface area contributed by atoms with Crippen LogP contribution in [0.2, 0.25) is 0 Å². The van der Waals surface area contributed by atoms with E-state index in [1.54, 1.807) is 18.2 Å². The normalized spacial score (nSPS) is 16.6. The lowest BCUT2D eigenvalue weighted by atomic mass is 10.1. The monoisotopic (exact) mass is 280 g/mol. The molecule has 0 aromatic heterocycles. The molecule has 6 nitrogen and oxygen atoms in total. The summed E-state index contributed by atoms with van der Waals surface area (Å²) in [7, 11) is 0. The van der Waals surface area contributed by atoms with Crippen molar-refractivity contribution < 1.29 is 28.9 Å². The molecular formula is C14H16O6. The van der Waals surface area contributed by atoms with Gasteiger partial charge in [0.1, 0.15) is 12.7 Å². The van der Waals surface area contributed by atoms with Crippen LogP contribution in [0.1, 0.15) is 27.1 Å². The molecule has 0 spiro atoms. The SMILES string of the molecule is O=C(OCCCO)c1cccc(C(=O)OCC2CO2)c1. The van der Waals surface area contributed by atoms with Crippen LogP contribution < -0.4 is 0 Å². The second-order valence-corrected chi connectivity index (χ2v) is 4.35. The number of esters is 2. The zero-order valence-electron chi connectivity index (χ0n) is 10.9. The highest BCUT2D eigenvalue weighted by molar-refractivity contribution is 5.95. The maximum Gasteiger partial charge on any atom is 0.338 e. The van der Waals surface area contributed by atoms with Gasteiger partial charge < -0.3 is 19.3 Å². The van der Waals surface area contributed by atoms with Gasteiger partial charge in [-0.3, -0.25) is 0 Å². The summed E-state index contributed by atoms with van der Waals surface area (Å²) < 4.78 is 14.9. The first kappa shape index (κ1) is 14.5. The Morgan fingerprint density at radius 2 is 1.90 bits per heavy atom. The summed E-state index contributed by atoms with van der Waals surface area (Å²) in [5.74, 6) is -1.02. The first-order chi connectivity index (χ1) is 9.70. The van der Waals surface area contributed by atoms with Crippen LogP contribution in [0.15, 0.2) is 24.3 Å². The van der Waals surface area contributed by atoms with Gasteiger partial charge in [0.25, 0.3) is 0 Å². The number of carbonyl (C=O) groups excluding carboxylic acids is 2. The van der Waals surface area contributed by atoms with E-state index in [2.05, 4.69) is 0 Å². The number of benzene rings is 1.